The van der Waals surface area contributed by atoms with Gasteiger partial charge in [0.2, 0.25) is 0 Å². The second-order valence-electron chi connectivity index (χ2n) is 0.564. The maximum Gasteiger partial charge on any atom is 1.00 e. The Morgan fingerprint density at radius 3 is 1.50 bits per heavy atom. The Morgan fingerprint density at radius 1 is 1.50 bits per heavy atom. The molecular weight excluding hydrogens is 132 g/mol. The van der Waals surface area contributed by atoms with Crippen LogP contribution >= 0.6 is 8.09 Å². The summed E-state index contributed by atoms with van der Waals surface area (Å²) in [6, 6.07) is 0. The van der Waals surface area contributed by atoms with Crippen molar-refractivity contribution in [2.24, 2.45) is 5.50 Å². The van der Waals surface area contributed by atoms with Gasteiger partial charge in [0.1, 0.15) is 8.09 Å². The van der Waals surface area contributed by atoms with E-state index in [1.54, 1.807) is 0 Å². The summed E-state index contributed by atoms with van der Waals surface area (Å²) in [4.78, 5) is 25.3. The van der Waals surface area contributed by atoms with Crippen LogP contribution in [0, 0.1) is 0 Å². The van der Waals surface area contributed by atoms with Gasteiger partial charge in [0, 0.05) is 0 Å². The van der Waals surface area contributed by atoms with E-state index < -0.39 is 8.09 Å². The topological polar surface area (TPSA) is 92.4 Å². The normalized spacial score (nSPS) is 10.0. The van der Waals surface area contributed by atoms with E-state index in [1.807, 2.05) is 0 Å². The van der Waals surface area contributed by atoms with E-state index in [9.17, 15) is 0 Å². The van der Waals surface area contributed by atoms with E-state index in [4.69, 9.17) is 14.7 Å². The second kappa shape index (κ2) is 3.85. The van der Waals surface area contributed by atoms with E-state index in [0.717, 1.165) is 0 Å². The van der Waals surface area contributed by atoms with Gasteiger partial charge in [-0.3, -0.25) is 0 Å². The molecule has 6 heteroatoms. The van der Waals surface area contributed by atoms with Gasteiger partial charge < -0.3 is 9.79 Å². The first kappa shape index (κ1) is 10.8. The minimum Gasteiger partial charge on any atom is -0.645 e. The first-order valence-corrected chi connectivity index (χ1v) is 2.47. The predicted molar refractivity (Wildman–Crippen MR) is 13.3 cm³/mol. The maximum absolute atomic E-state index is 8.99. The first-order valence-electron chi connectivity index (χ1n) is 0.823. The largest absolute Gasteiger partial charge is 1.00 e. The molecule has 0 unspecified atom stereocenters. The first-order chi connectivity index (χ1) is 2.00. The van der Waals surface area contributed by atoms with Crippen LogP contribution in [-0.4, -0.2) is 4.89 Å². The van der Waals surface area contributed by atoms with Gasteiger partial charge >= 0.3 is 51.4 Å². The van der Waals surface area contributed by atoms with Crippen molar-refractivity contribution >= 4 is 8.09 Å². The molecule has 0 aromatic carbocycles. The quantitative estimate of drug-likeness (QED) is 0.256. The maximum atomic E-state index is 8.99. The number of hydrogen-bond donors (Lipinski definition) is 2. The van der Waals surface area contributed by atoms with Crippen molar-refractivity contribution in [1.29, 1.82) is 0 Å². The summed E-state index contributed by atoms with van der Waals surface area (Å²) in [6.07, 6.45) is 0. The van der Waals surface area contributed by atoms with E-state index in [0.29, 0.717) is 0 Å². The van der Waals surface area contributed by atoms with Crippen LogP contribution in [0.4, 0.5) is 0 Å². The molecule has 0 heterocycles. The fraction of sp³-hybridized carbons (Fsp3) is 0. The van der Waals surface area contributed by atoms with Crippen molar-refractivity contribution in [3.05, 3.63) is 0 Å². The van der Waals surface area contributed by atoms with Crippen molar-refractivity contribution < 1.29 is 66.1 Å². The zero-order valence-electron chi connectivity index (χ0n) is 3.29. The molecule has 0 aromatic heterocycles. The van der Waals surface area contributed by atoms with Crippen LogP contribution in [0.15, 0.2) is 0 Å². The van der Waals surface area contributed by atoms with Gasteiger partial charge in [0.25, 0.3) is 0 Å². The van der Waals surface area contributed by atoms with Crippen LogP contribution in [0.3, 0.4) is 0 Å². The summed E-state index contributed by atoms with van der Waals surface area (Å²) in [5, 5.41) is 0. The molecule has 0 amide bonds. The summed E-state index contributed by atoms with van der Waals surface area (Å²) in [6.45, 7) is 0. The molecule has 0 aliphatic carbocycles. The van der Waals surface area contributed by atoms with Gasteiger partial charge in [-0.25, -0.2) is 4.89 Å². The van der Waals surface area contributed by atoms with Gasteiger partial charge in [-0.2, -0.15) is 5.50 Å². The van der Waals surface area contributed by atoms with Crippen LogP contribution in [0.2, 0.25) is 0 Å². The Bertz CT molecular complexity index is 26.3. The minimum atomic E-state index is -4.39. The van der Waals surface area contributed by atoms with Crippen molar-refractivity contribution in [3.63, 3.8) is 0 Å². The SMILES string of the molecule is N[P+]([O-])([O-])O.[K+]. The molecule has 0 aliphatic rings. The van der Waals surface area contributed by atoms with E-state index in [-0.39, 0.29) is 51.4 Å². The summed E-state index contributed by atoms with van der Waals surface area (Å²) in [5.41, 5.74) is 3.91. The number of nitrogens with two attached hydrogens (primary N) is 1. The standard InChI is InChI=1S/K.H4NO3P/c;1-5(2,3)4/h;(H4,1,2,3,4)/q+1;/p-1. The molecule has 0 spiro atoms. The van der Waals surface area contributed by atoms with Gasteiger partial charge in [-0.15, -0.1) is 0 Å². The number of hydrogen-bond acceptors (Lipinski definition) is 4. The zero-order valence-corrected chi connectivity index (χ0v) is 7.31. The molecule has 3 N–H and O–H groups in total. The predicted octanol–water partition coefficient (Wildman–Crippen LogP) is -5.66. The van der Waals surface area contributed by atoms with Crippen molar-refractivity contribution in [2.45, 2.75) is 0 Å². The molecule has 0 saturated heterocycles. The van der Waals surface area contributed by atoms with E-state index in [1.165, 1.54) is 0 Å². The molecule has 0 radical (unpaired) electrons. The van der Waals surface area contributed by atoms with Gasteiger partial charge in [-0.05, 0) is 0 Å². The third-order valence-corrected chi connectivity index (χ3v) is 0. The van der Waals surface area contributed by atoms with Crippen LogP contribution in [0.25, 0.3) is 0 Å². The summed E-state index contributed by atoms with van der Waals surface area (Å²) < 4.78 is 0. The average Bonchev–Trinajstić information content (AvgIpc) is 0.722. The van der Waals surface area contributed by atoms with Crippen LogP contribution in [0.1, 0.15) is 0 Å². The molecule has 0 fully saturated rings. The van der Waals surface area contributed by atoms with Crippen molar-refractivity contribution in [2.75, 3.05) is 0 Å². The minimum absolute atomic E-state index is 0. The number of rotatable bonds is 0. The Morgan fingerprint density at radius 2 is 1.50 bits per heavy atom. The third kappa shape index (κ3) is 39.1. The Balaban J connectivity index is 0. The molecule has 4 nitrogen and oxygen atoms in total. The average molecular weight is 135 g/mol. The fourth-order valence-electron chi connectivity index (χ4n) is 0. The molecule has 32 valence electrons. The molecule has 0 bridgehead atoms. The Labute approximate surface area is 78.4 Å². The fourth-order valence-corrected chi connectivity index (χ4v) is 0. The monoisotopic (exact) mass is 135 g/mol. The third-order valence-electron chi connectivity index (χ3n) is 0. The zero-order chi connectivity index (χ0) is 4.50. The molecule has 0 aromatic rings. The van der Waals surface area contributed by atoms with Crippen LogP contribution in [0.5, 0.6) is 0 Å². The van der Waals surface area contributed by atoms with Gasteiger partial charge in [0.15, 0.2) is 0 Å². The molecule has 0 saturated carbocycles. The van der Waals surface area contributed by atoms with Gasteiger partial charge in [-0.1, -0.05) is 0 Å². The van der Waals surface area contributed by atoms with Crippen LogP contribution in [-0.2, 0) is 0 Å². The molecular formula is H3KNO3P. The summed E-state index contributed by atoms with van der Waals surface area (Å²) in [5.74, 6) is 0. The second-order valence-corrected chi connectivity index (χ2v) is 1.69. The smallest absolute Gasteiger partial charge is 0.645 e. The van der Waals surface area contributed by atoms with E-state index in [2.05, 4.69) is 5.50 Å². The van der Waals surface area contributed by atoms with Crippen molar-refractivity contribution in [1.82, 2.24) is 0 Å². The van der Waals surface area contributed by atoms with Crippen molar-refractivity contribution in [3.8, 4) is 0 Å². The molecule has 0 rings (SSSR count). The Hall–Kier alpha value is 1.91. The Kier molecular flexibility index (Phi) is 6.94. The summed E-state index contributed by atoms with van der Waals surface area (Å²) in [7, 11) is -4.39. The molecule has 0 aliphatic heterocycles. The van der Waals surface area contributed by atoms with Crippen LogP contribution < -0.4 is 66.7 Å². The van der Waals surface area contributed by atoms with E-state index >= 15 is 0 Å². The molecule has 0 atom stereocenters. The van der Waals surface area contributed by atoms with Gasteiger partial charge in [0.05, 0.1) is 0 Å². The summed E-state index contributed by atoms with van der Waals surface area (Å²) >= 11 is 0. The molecule has 6 heavy (non-hydrogen) atoms.